The van der Waals surface area contributed by atoms with Gasteiger partial charge in [0.1, 0.15) is 6.07 Å². The number of hydrogen-bond acceptors (Lipinski definition) is 3. The van der Waals surface area contributed by atoms with E-state index in [4.69, 9.17) is 10.4 Å². The van der Waals surface area contributed by atoms with Crippen molar-refractivity contribution in [2.75, 3.05) is 0 Å². The molecule has 0 saturated carbocycles. The summed E-state index contributed by atoms with van der Waals surface area (Å²) in [6, 6.07) is 15.3. The molecule has 3 nitrogen and oxygen atoms in total. The summed E-state index contributed by atoms with van der Waals surface area (Å²) in [4.78, 5) is 12.5. The molecular weight excluding hydrogens is 385 g/mol. The molecule has 0 spiro atoms. The summed E-state index contributed by atoms with van der Waals surface area (Å²) in [7, 11) is 0. The molecule has 0 fully saturated rings. The van der Waals surface area contributed by atoms with Gasteiger partial charge >= 0.3 is 5.97 Å². The third-order valence-electron chi connectivity index (χ3n) is 2.57. The Balaban J connectivity index is 2.18. The fourth-order valence-corrected chi connectivity index (χ4v) is 3.02. The van der Waals surface area contributed by atoms with Gasteiger partial charge in [0.15, 0.2) is 0 Å². The van der Waals surface area contributed by atoms with Crippen LogP contribution in [0, 0.1) is 14.9 Å². The van der Waals surface area contributed by atoms with Gasteiger partial charge in [0.25, 0.3) is 0 Å². The molecule has 0 amide bonds. The maximum absolute atomic E-state index is 10.6. The van der Waals surface area contributed by atoms with E-state index < -0.39 is 5.97 Å². The Bertz CT molecular complexity index is 677. The third kappa shape index (κ3) is 3.99. The van der Waals surface area contributed by atoms with Crippen LogP contribution in [0.1, 0.15) is 11.1 Å². The van der Waals surface area contributed by atoms with E-state index >= 15 is 0 Å². The van der Waals surface area contributed by atoms with Crippen molar-refractivity contribution in [2.45, 2.75) is 16.2 Å². The van der Waals surface area contributed by atoms with Gasteiger partial charge in [0.2, 0.25) is 0 Å². The first kappa shape index (κ1) is 14.9. The van der Waals surface area contributed by atoms with Crippen LogP contribution in [0.3, 0.4) is 0 Å². The maximum Gasteiger partial charge on any atom is 0.307 e. The highest BCUT2D eigenvalue weighted by molar-refractivity contribution is 14.1. The lowest BCUT2D eigenvalue weighted by Gasteiger charge is -2.05. The second-order valence-corrected chi connectivity index (χ2v) is 6.43. The number of rotatable bonds is 4. The van der Waals surface area contributed by atoms with Gasteiger partial charge in [0, 0.05) is 13.4 Å². The van der Waals surface area contributed by atoms with Crippen molar-refractivity contribution in [3.63, 3.8) is 0 Å². The van der Waals surface area contributed by atoms with Gasteiger partial charge in [-0.25, -0.2) is 0 Å². The Labute approximate surface area is 134 Å². The molecule has 0 bridgehead atoms. The van der Waals surface area contributed by atoms with Crippen LogP contribution in [-0.2, 0) is 11.2 Å². The van der Waals surface area contributed by atoms with Gasteiger partial charge < -0.3 is 5.11 Å². The lowest BCUT2D eigenvalue weighted by Crippen LogP contribution is -1.99. The van der Waals surface area contributed by atoms with Crippen molar-refractivity contribution in [1.82, 2.24) is 0 Å². The Morgan fingerprint density at radius 2 is 1.95 bits per heavy atom. The first-order chi connectivity index (χ1) is 9.58. The first-order valence-corrected chi connectivity index (χ1v) is 7.66. The minimum Gasteiger partial charge on any atom is -0.481 e. The van der Waals surface area contributed by atoms with Crippen LogP contribution in [0.5, 0.6) is 0 Å². The minimum absolute atomic E-state index is 0.0257. The molecule has 0 radical (unpaired) electrons. The van der Waals surface area contributed by atoms with Crippen LogP contribution in [0.2, 0.25) is 0 Å². The van der Waals surface area contributed by atoms with Crippen molar-refractivity contribution in [1.29, 1.82) is 5.26 Å². The summed E-state index contributed by atoms with van der Waals surface area (Å²) < 4.78 is 1.03. The predicted octanol–water partition coefficient (Wildman–Crippen LogP) is 3.94. The molecule has 0 heterocycles. The van der Waals surface area contributed by atoms with E-state index in [-0.39, 0.29) is 6.42 Å². The second-order valence-electron chi connectivity index (χ2n) is 4.07. The van der Waals surface area contributed by atoms with Crippen LogP contribution in [0.15, 0.2) is 52.3 Å². The summed E-state index contributed by atoms with van der Waals surface area (Å²) in [5.74, 6) is -0.838. The van der Waals surface area contributed by atoms with E-state index in [1.165, 1.54) is 11.8 Å². The Kier molecular flexibility index (Phi) is 5.04. The van der Waals surface area contributed by atoms with E-state index in [0.717, 1.165) is 18.9 Å². The van der Waals surface area contributed by atoms with Crippen molar-refractivity contribution >= 4 is 40.3 Å². The lowest BCUT2D eigenvalue weighted by atomic mass is 10.2. The molecule has 20 heavy (non-hydrogen) atoms. The van der Waals surface area contributed by atoms with Crippen LogP contribution in [-0.4, -0.2) is 11.1 Å². The van der Waals surface area contributed by atoms with Crippen molar-refractivity contribution in [3.8, 4) is 6.07 Å². The van der Waals surface area contributed by atoms with Gasteiger partial charge in [-0.05, 0) is 58.5 Å². The molecule has 2 rings (SSSR count). The van der Waals surface area contributed by atoms with Gasteiger partial charge in [-0.2, -0.15) is 5.26 Å². The zero-order valence-electron chi connectivity index (χ0n) is 10.3. The van der Waals surface area contributed by atoms with Gasteiger partial charge in [-0.3, -0.25) is 4.79 Å². The molecular formula is C15H10INO2S. The number of nitrogens with zero attached hydrogens (tertiary/aromatic N) is 1. The average Bonchev–Trinajstić information content (AvgIpc) is 2.42. The predicted molar refractivity (Wildman–Crippen MR) is 85.8 cm³/mol. The fourth-order valence-electron chi connectivity index (χ4n) is 1.66. The standard InChI is InChI=1S/C15H10INO2S/c16-12-3-6-14(11(8-12)9-17)20-13-4-1-10(2-5-13)7-15(18)19/h1-6,8H,7H2,(H,18,19). The molecule has 0 aliphatic heterocycles. The summed E-state index contributed by atoms with van der Waals surface area (Å²) in [6.07, 6.45) is 0.0257. The minimum atomic E-state index is -0.838. The molecule has 0 unspecified atom stereocenters. The lowest BCUT2D eigenvalue weighted by molar-refractivity contribution is -0.136. The highest BCUT2D eigenvalue weighted by Gasteiger charge is 2.06. The van der Waals surface area contributed by atoms with Crippen LogP contribution < -0.4 is 0 Å². The van der Waals surface area contributed by atoms with Crippen molar-refractivity contribution in [3.05, 3.63) is 57.2 Å². The fraction of sp³-hybridized carbons (Fsp3) is 0.0667. The normalized spacial score (nSPS) is 10.0. The van der Waals surface area contributed by atoms with E-state index in [9.17, 15) is 4.79 Å². The molecule has 0 aliphatic rings. The second kappa shape index (κ2) is 6.77. The van der Waals surface area contributed by atoms with Crippen molar-refractivity contribution in [2.24, 2.45) is 0 Å². The summed E-state index contributed by atoms with van der Waals surface area (Å²) in [5, 5.41) is 17.9. The van der Waals surface area contributed by atoms with E-state index in [0.29, 0.717) is 5.56 Å². The molecule has 100 valence electrons. The van der Waals surface area contributed by atoms with Gasteiger partial charge in [-0.15, -0.1) is 0 Å². The zero-order chi connectivity index (χ0) is 14.5. The number of hydrogen-bond donors (Lipinski definition) is 1. The number of carboxylic acids is 1. The van der Waals surface area contributed by atoms with Crippen molar-refractivity contribution < 1.29 is 9.90 Å². The largest absolute Gasteiger partial charge is 0.481 e. The summed E-state index contributed by atoms with van der Waals surface area (Å²) >= 11 is 3.68. The molecule has 5 heteroatoms. The molecule has 1 N–H and O–H groups in total. The maximum atomic E-state index is 10.6. The van der Waals surface area contributed by atoms with Gasteiger partial charge in [0.05, 0.1) is 12.0 Å². The van der Waals surface area contributed by atoms with E-state index in [1.807, 2.05) is 30.3 Å². The van der Waals surface area contributed by atoms with E-state index in [1.54, 1.807) is 12.1 Å². The molecule has 0 atom stereocenters. The molecule has 2 aromatic carbocycles. The highest BCUT2D eigenvalue weighted by atomic mass is 127. The SMILES string of the molecule is N#Cc1cc(I)ccc1Sc1ccc(CC(=O)O)cc1. The molecule has 0 aromatic heterocycles. The number of carboxylic acid groups (broad SMARTS) is 1. The number of aliphatic carboxylic acids is 1. The Morgan fingerprint density at radius 3 is 2.55 bits per heavy atom. The molecule has 0 saturated heterocycles. The van der Waals surface area contributed by atoms with Crippen LogP contribution in [0.4, 0.5) is 0 Å². The number of nitriles is 1. The first-order valence-electron chi connectivity index (χ1n) is 5.77. The average molecular weight is 395 g/mol. The Morgan fingerprint density at radius 1 is 1.25 bits per heavy atom. The monoisotopic (exact) mass is 395 g/mol. The Hall–Kier alpha value is -1.52. The van der Waals surface area contributed by atoms with Crippen LogP contribution in [0.25, 0.3) is 0 Å². The molecule has 0 aliphatic carbocycles. The van der Waals surface area contributed by atoms with Gasteiger partial charge in [-0.1, -0.05) is 23.9 Å². The van der Waals surface area contributed by atoms with Crippen LogP contribution >= 0.6 is 34.4 Å². The smallest absolute Gasteiger partial charge is 0.307 e. The summed E-state index contributed by atoms with van der Waals surface area (Å²) in [5.41, 5.74) is 1.42. The summed E-state index contributed by atoms with van der Waals surface area (Å²) in [6.45, 7) is 0. The zero-order valence-corrected chi connectivity index (χ0v) is 13.3. The van der Waals surface area contributed by atoms with E-state index in [2.05, 4.69) is 28.7 Å². The number of halogens is 1. The number of benzene rings is 2. The highest BCUT2D eigenvalue weighted by Crippen LogP contribution is 2.31. The number of carbonyl (C=O) groups is 1. The molecule has 2 aromatic rings. The quantitative estimate of drug-likeness (QED) is 0.797. The third-order valence-corrected chi connectivity index (χ3v) is 4.32. The topological polar surface area (TPSA) is 61.1 Å².